The summed E-state index contributed by atoms with van der Waals surface area (Å²) in [4.78, 5) is 35.5. The average Bonchev–Trinajstić information content (AvgIpc) is 3.72. The number of allylic oxidation sites excluding steroid dienone is 1. The lowest BCUT2D eigenvalue weighted by molar-refractivity contribution is -0.119. The minimum absolute atomic E-state index is 0.0656. The van der Waals surface area contributed by atoms with Crippen molar-refractivity contribution in [1.29, 1.82) is 0 Å². The van der Waals surface area contributed by atoms with E-state index in [0.717, 1.165) is 81.6 Å². The van der Waals surface area contributed by atoms with Gasteiger partial charge in [0, 0.05) is 47.9 Å². The topological polar surface area (TPSA) is 128 Å². The van der Waals surface area contributed by atoms with E-state index in [1.807, 2.05) is 43.3 Å². The van der Waals surface area contributed by atoms with Crippen LogP contribution in [0.1, 0.15) is 32.6 Å². The number of aliphatic imine (C=N–C) groups is 1. The van der Waals surface area contributed by atoms with Crippen LogP contribution >= 0.6 is 0 Å². The van der Waals surface area contributed by atoms with Gasteiger partial charge in [-0.25, -0.2) is 4.98 Å². The predicted octanol–water partition coefficient (Wildman–Crippen LogP) is 5.69. The van der Waals surface area contributed by atoms with Crippen LogP contribution in [0, 0.1) is 5.92 Å². The number of hydrogen-bond donors (Lipinski definition) is 3. The molecule has 39 heavy (non-hydrogen) atoms. The number of H-pyrrole nitrogens is 2. The summed E-state index contributed by atoms with van der Waals surface area (Å²) in [5.74, 6) is 0.150. The number of nitrogens with one attached hydrogen (secondary N) is 3. The van der Waals surface area contributed by atoms with Gasteiger partial charge in [0.05, 0.1) is 46.4 Å². The number of hydrogen-bond acceptors (Lipinski definition) is 7. The first kappa shape index (κ1) is 24.5. The number of carbonyl (C=O) groups excluding carboxylic acids is 1. The van der Waals surface area contributed by atoms with Crippen molar-refractivity contribution in [3.63, 3.8) is 0 Å². The average molecular weight is 520 g/mol. The van der Waals surface area contributed by atoms with Crippen molar-refractivity contribution in [3.05, 3.63) is 60.9 Å². The minimum Gasteiger partial charge on any atom is -0.349 e. The first-order chi connectivity index (χ1) is 19.0. The molecular weight excluding hydrogens is 490 g/mol. The van der Waals surface area contributed by atoms with Crippen molar-refractivity contribution < 1.29 is 4.79 Å². The van der Waals surface area contributed by atoms with E-state index in [4.69, 9.17) is 0 Å². The van der Waals surface area contributed by atoms with E-state index in [2.05, 4.69) is 53.2 Å². The summed E-state index contributed by atoms with van der Waals surface area (Å²) in [6.45, 7) is 5.50. The van der Waals surface area contributed by atoms with E-state index < -0.39 is 0 Å². The van der Waals surface area contributed by atoms with Crippen LogP contribution in [0.15, 0.2) is 65.9 Å². The first-order valence-electron chi connectivity index (χ1n) is 13.0. The predicted molar refractivity (Wildman–Crippen MR) is 155 cm³/mol. The zero-order valence-electron chi connectivity index (χ0n) is 21.9. The molecule has 3 N–H and O–H groups in total. The monoisotopic (exact) mass is 519 g/mol. The van der Waals surface area contributed by atoms with Crippen LogP contribution in [0.5, 0.6) is 0 Å². The summed E-state index contributed by atoms with van der Waals surface area (Å²) in [7, 11) is 1.97. The fourth-order valence-electron chi connectivity index (χ4n) is 5.20. The van der Waals surface area contributed by atoms with Crippen LogP contribution in [-0.4, -0.2) is 49.8 Å². The Balaban J connectivity index is 1.34. The highest BCUT2D eigenvalue weighted by atomic mass is 16.1. The minimum atomic E-state index is 0.0656. The van der Waals surface area contributed by atoms with E-state index in [9.17, 15) is 4.79 Å². The van der Waals surface area contributed by atoms with Gasteiger partial charge in [-0.2, -0.15) is 5.10 Å². The van der Waals surface area contributed by atoms with Crippen LogP contribution in [0.25, 0.3) is 44.6 Å². The summed E-state index contributed by atoms with van der Waals surface area (Å²) in [6, 6.07) is 7.91. The lowest BCUT2D eigenvalue weighted by Crippen LogP contribution is -2.20. The lowest BCUT2D eigenvalue weighted by atomic mass is 10.1. The Morgan fingerprint density at radius 2 is 2.00 bits per heavy atom. The molecule has 6 rings (SSSR count). The van der Waals surface area contributed by atoms with E-state index in [-0.39, 0.29) is 11.8 Å². The van der Waals surface area contributed by atoms with Crippen molar-refractivity contribution in [2.24, 2.45) is 10.9 Å². The largest absolute Gasteiger partial charge is 0.349 e. The molecular formula is C29H29N9O. The van der Waals surface area contributed by atoms with Gasteiger partial charge in [-0.1, -0.05) is 12.8 Å². The Bertz CT molecular complexity index is 1730. The van der Waals surface area contributed by atoms with E-state index >= 15 is 0 Å². The van der Waals surface area contributed by atoms with Crippen molar-refractivity contribution in [2.45, 2.75) is 32.6 Å². The van der Waals surface area contributed by atoms with Gasteiger partial charge < -0.3 is 15.2 Å². The molecule has 0 radical (unpaired) electrons. The molecule has 5 heterocycles. The van der Waals surface area contributed by atoms with Gasteiger partial charge in [-0.3, -0.25) is 24.9 Å². The van der Waals surface area contributed by atoms with Gasteiger partial charge in [0.2, 0.25) is 5.91 Å². The maximum Gasteiger partial charge on any atom is 0.227 e. The Morgan fingerprint density at radius 3 is 2.82 bits per heavy atom. The van der Waals surface area contributed by atoms with Crippen LogP contribution in [0.4, 0.5) is 11.4 Å². The Morgan fingerprint density at radius 1 is 1.15 bits per heavy atom. The van der Waals surface area contributed by atoms with Gasteiger partial charge >= 0.3 is 0 Å². The number of nitrogens with zero attached hydrogens (tertiary/aromatic N) is 6. The molecule has 0 aromatic carbocycles. The molecule has 0 spiro atoms. The van der Waals surface area contributed by atoms with Crippen molar-refractivity contribution in [3.8, 4) is 22.6 Å². The summed E-state index contributed by atoms with van der Waals surface area (Å²) in [5.41, 5.74) is 7.18. The number of fused-ring (bicyclic) bond motifs is 2. The number of amides is 1. The summed E-state index contributed by atoms with van der Waals surface area (Å²) >= 11 is 0. The highest BCUT2D eigenvalue weighted by Gasteiger charge is 2.23. The number of rotatable bonds is 7. The normalized spacial score (nSPS) is 14.3. The SMILES string of the molecule is C=N/C(C)=C\N(C)c1ccnc2[nH]c(-c3n[nH]c4cnc(-c5cncc(NC(=O)C6CCCC6)c5)cc34)cc12. The van der Waals surface area contributed by atoms with Crippen LogP contribution < -0.4 is 10.2 Å². The molecule has 5 aromatic heterocycles. The number of anilines is 2. The van der Waals surface area contributed by atoms with E-state index in [0.29, 0.717) is 5.69 Å². The third kappa shape index (κ3) is 4.76. The molecule has 10 heteroatoms. The van der Waals surface area contributed by atoms with Crippen molar-refractivity contribution >= 4 is 45.9 Å². The highest BCUT2D eigenvalue weighted by Crippen LogP contribution is 2.34. The molecule has 0 saturated heterocycles. The Labute approximate surface area is 225 Å². The molecule has 0 unspecified atom stereocenters. The zero-order chi connectivity index (χ0) is 26.9. The molecule has 0 bridgehead atoms. The first-order valence-corrected chi connectivity index (χ1v) is 13.0. The summed E-state index contributed by atoms with van der Waals surface area (Å²) in [6.07, 6.45) is 13.0. The number of aromatic nitrogens is 6. The van der Waals surface area contributed by atoms with Crippen LogP contribution in [0.3, 0.4) is 0 Å². The maximum absolute atomic E-state index is 12.6. The second-order valence-electron chi connectivity index (χ2n) is 9.94. The smallest absolute Gasteiger partial charge is 0.227 e. The van der Waals surface area contributed by atoms with Crippen LogP contribution in [0.2, 0.25) is 0 Å². The highest BCUT2D eigenvalue weighted by molar-refractivity contribution is 5.99. The fourth-order valence-corrected chi connectivity index (χ4v) is 5.20. The maximum atomic E-state index is 12.6. The van der Waals surface area contributed by atoms with Gasteiger partial charge in [0.25, 0.3) is 0 Å². The van der Waals surface area contributed by atoms with E-state index in [1.54, 1.807) is 24.8 Å². The van der Waals surface area contributed by atoms with Gasteiger partial charge in [-0.05, 0) is 50.7 Å². The quantitative estimate of drug-likeness (QED) is 0.237. The van der Waals surface area contributed by atoms with Crippen LogP contribution in [-0.2, 0) is 4.79 Å². The molecule has 1 aliphatic carbocycles. The molecule has 1 saturated carbocycles. The number of aromatic amines is 2. The zero-order valence-corrected chi connectivity index (χ0v) is 21.9. The third-order valence-corrected chi connectivity index (χ3v) is 7.25. The van der Waals surface area contributed by atoms with Gasteiger partial charge in [-0.15, -0.1) is 0 Å². The molecule has 10 nitrogen and oxygen atoms in total. The number of carbonyl (C=O) groups is 1. The molecule has 196 valence electrons. The Kier molecular flexibility index (Phi) is 6.36. The van der Waals surface area contributed by atoms with Gasteiger partial charge in [0.15, 0.2) is 0 Å². The number of pyridine rings is 3. The molecule has 0 atom stereocenters. The summed E-state index contributed by atoms with van der Waals surface area (Å²) < 4.78 is 0. The molecule has 1 aliphatic rings. The van der Waals surface area contributed by atoms with Crippen molar-refractivity contribution in [2.75, 3.05) is 17.3 Å². The fraction of sp³-hybridized carbons (Fsp3) is 0.241. The molecule has 1 fully saturated rings. The molecule has 5 aromatic rings. The van der Waals surface area contributed by atoms with E-state index in [1.165, 1.54) is 0 Å². The molecule has 1 amide bonds. The second kappa shape index (κ2) is 10.1. The third-order valence-electron chi connectivity index (χ3n) is 7.25. The standard InChI is InChI=1S/C29H29N9O/c1-17(30-2)16-38(3)26-8-9-32-28-22(26)12-24(35-28)27-21-11-23(33-15-25(21)36-37-27)19-10-20(14-31-13-19)34-29(39)18-6-4-5-7-18/h8-16,18H,2,4-7H2,1,3H3,(H,32,35)(H,34,39)(H,36,37)/b17-16-. The second-order valence-corrected chi connectivity index (χ2v) is 9.94. The molecule has 0 aliphatic heterocycles. The lowest BCUT2D eigenvalue weighted by Gasteiger charge is -2.15. The van der Waals surface area contributed by atoms with Gasteiger partial charge in [0.1, 0.15) is 11.3 Å². The van der Waals surface area contributed by atoms with Crippen molar-refractivity contribution in [1.82, 2.24) is 30.1 Å². The summed E-state index contributed by atoms with van der Waals surface area (Å²) in [5, 5.41) is 12.6. The Hall–Kier alpha value is -4.86.